The number of nitrogens with zero attached hydrogens (tertiary/aromatic N) is 1. The van der Waals surface area contributed by atoms with Gasteiger partial charge in [-0.3, -0.25) is 0 Å². The minimum Gasteiger partial charge on any atom is -0.379 e. The zero-order valence-corrected chi connectivity index (χ0v) is 16.0. The van der Waals surface area contributed by atoms with Crippen LogP contribution in [0.15, 0.2) is 0 Å². The number of nitrogens with one attached hydrogen (secondary N) is 1. The van der Waals surface area contributed by atoms with Crippen molar-refractivity contribution in [1.29, 1.82) is 5.26 Å². The first-order chi connectivity index (χ1) is 11.1. The molecule has 1 atom stereocenters. The van der Waals surface area contributed by atoms with E-state index in [9.17, 15) is 0 Å². The first-order valence-corrected chi connectivity index (χ1v) is 9.49. The van der Waals surface area contributed by atoms with E-state index in [2.05, 4.69) is 38.4 Å². The van der Waals surface area contributed by atoms with Gasteiger partial charge in [-0.1, -0.05) is 27.7 Å². The standard InChI is InChI=1S/C17H34N2O3S/c1-15(2)7-9-20-10-11-21-12-13-22-17(23-14-18)6-5-8-19-16(3)4/h15-17,19H,5-13H2,1-4H3. The average Bonchev–Trinajstić information content (AvgIpc) is 2.49. The predicted octanol–water partition coefficient (Wildman–Crippen LogP) is 3.40. The molecule has 5 nitrogen and oxygen atoms in total. The first kappa shape index (κ1) is 22.7. The molecule has 0 aromatic carbocycles. The molecule has 0 aromatic rings. The summed E-state index contributed by atoms with van der Waals surface area (Å²) in [5.41, 5.74) is -0.0696. The summed E-state index contributed by atoms with van der Waals surface area (Å²) in [6.45, 7) is 12.7. The SMILES string of the molecule is CC(C)CCOCCOCCOC(CCCNC(C)C)SC#N. The van der Waals surface area contributed by atoms with E-state index < -0.39 is 0 Å². The van der Waals surface area contributed by atoms with Gasteiger partial charge in [-0.25, -0.2) is 0 Å². The van der Waals surface area contributed by atoms with Crippen LogP contribution in [-0.2, 0) is 14.2 Å². The smallest absolute Gasteiger partial charge is 0.136 e. The van der Waals surface area contributed by atoms with E-state index in [1.165, 1.54) is 11.8 Å². The molecule has 0 heterocycles. The lowest BCUT2D eigenvalue weighted by molar-refractivity contribution is 0.00631. The molecule has 1 N–H and O–H groups in total. The van der Waals surface area contributed by atoms with Crippen LogP contribution in [0.5, 0.6) is 0 Å². The van der Waals surface area contributed by atoms with E-state index in [0.717, 1.165) is 32.4 Å². The minimum absolute atomic E-state index is 0.0696. The van der Waals surface area contributed by atoms with Gasteiger partial charge in [-0.05, 0) is 43.5 Å². The lowest BCUT2D eigenvalue weighted by Crippen LogP contribution is -2.24. The van der Waals surface area contributed by atoms with Gasteiger partial charge < -0.3 is 19.5 Å². The molecule has 0 radical (unpaired) electrons. The van der Waals surface area contributed by atoms with Crippen LogP contribution >= 0.6 is 11.8 Å². The molecule has 0 bridgehead atoms. The van der Waals surface area contributed by atoms with E-state index in [-0.39, 0.29) is 5.44 Å². The van der Waals surface area contributed by atoms with Gasteiger partial charge >= 0.3 is 0 Å². The van der Waals surface area contributed by atoms with E-state index in [0.29, 0.717) is 38.4 Å². The molecule has 0 aliphatic heterocycles. The second-order valence-corrected chi connectivity index (χ2v) is 7.11. The number of ether oxygens (including phenoxy) is 3. The molecule has 0 saturated carbocycles. The van der Waals surface area contributed by atoms with Gasteiger partial charge in [0, 0.05) is 12.6 Å². The third-order valence-electron chi connectivity index (χ3n) is 3.10. The van der Waals surface area contributed by atoms with Crippen molar-refractivity contribution in [2.24, 2.45) is 5.92 Å². The number of thiocyanates is 1. The Balaban J connectivity index is 3.48. The monoisotopic (exact) mass is 346 g/mol. The van der Waals surface area contributed by atoms with Crippen LogP contribution in [-0.4, -0.2) is 51.1 Å². The summed E-state index contributed by atoms with van der Waals surface area (Å²) in [6.07, 6.45) is 2.96. The summed E-state index contributed by atoms with van der Waals surface area (Å²) in [4.78, 5) is 0. The second kappa shape index (κ2) is 16.5. The number of hydrogen-bond acceptors (Lipinski definition) is 6. The molecule has 0 amide bonds. The molecule has 0 rings (SSSR count). The van der Waals surface area contributed by atoms with Crippen LogP contribution in [0, 0.1) is 16.6 Å². The molecule has 23 heavy (non-hydrogen) atoms. The van der Waals surface area contributed by atoms with Crippen molar-refractivity contribution in [2.75, 3.05) is 39.6 Å². The van der Waals surface area contributed by atoms with Crippen LogP contribution in [0.3, 0.4) is 0 Å². The molecular formula is C17H34N2O3S. The van der Waals surface area contributed by atoms with Gasteiger partial charge in [0.05, 0.1) is 26.4 Å². The maximum atomic E-state index is 8.81. The lowest BCUT2D eigenvalue weighted by Gasteiger charge is -2.15. The Morgan fingerprint density at radius 3 is 2.22 bits per heavy atom. The molecule has 0 spiro atoms. The topological polar surface area (TPSA) is 63.5 Å². The number of thioether (sulfide) groups is 1. The molecule has 0 aromatic heterocycles. The fourth-order valence-corrected chi connectivity index (χ4v) is 2.34. The minimum atomic E-state index is -0.0696. The van der Waals surface area contributed by atoms with Crippen molar-refractivity contribution in [3.8, 4) is 5.40 Å². The highest BCUT2D eigenvalue weighted by Gasteiger charge is 2.09. The average molecular weight is 347 g/mol. The highest BCUT2D eigenvalue weighted by atomic mass is 32.2. The zero-order chi connectivity index (χ0) is 17.3. The van der Waals surface area contributed by atoms with E-state index in [4.69, 9.17) is 19.5 Å². The molecule has 1 unspecified atom stereocenters. The Labute approximate surface area is 146 Å². The summed E-state index contributed by atoms with van der Waals surface area (Å²) in [5, 5.41) is 14.3. The summed E-state index contributed by atoms with van der Waals surface area (Å²) in [7, 11) is 0. The van der Waals surface area contributed by atoms with E-state index >= 15 is 0 Å². The highest BCUT2D eigenvalue weighted by Crippen LogP contribution is 2.16. The van der Waals surface area contributed by atoms with Crippen molar-refractivity contribution in [1.82, 2.24) is 5.32 Å². The first-order valence-electron chi connectivity index (χ1n) is 8.61. The third kappa shape index (κ3) is 17.9. The lowest BCUT2D eigenvalue weighted by atomic mass is 10.1. The van der Waals surface area contributed by atoms with Crippen LogP contribution in [0.1, 0.15) is 47.0 Å². The molecule has 0 aliphatic carbocycles. The van der Waals surface area contributed by atoms with Gasteiger partial charge in [-0.15, -0.1) is 0 Å². The van der Waals surface area contributed by atoms with Gasteiger partial charge in [0.15, 0.2) is 0 Å². The fourth-order valence-electron chi connectivity index (χ4n) is 1.77. The van der Waals surface area contributed by atoms with Gasteiger partial charge in [0.1, 0.15) is 10.8 Å². The van der Waals surface area contributed by atoms with Crippen molar-refractivity contribution >= 4 is 11.8 Å². The molecule has 136 valence electrons. The van der Waals surface area contributed by atoms with Crippen LogP contribution in [0.4, 0.5) is 0 Å². The number of nitriles is 1. The fraction of sp³-hybridized carbons (Fsp3) is 0.941. The van der Waals surface area contributed by atoms with E-state index in [1.54, 1.807) is 0 Å². The summed E-state index contributed by atoms with van der Waals surface area (Å²) < 4.78 is 16.6. The molecular weight excluding hydrogens is 312 g/mol. The van der Waals surface area contributed by atoms with Gasteiger partial charge in [0.2, 0.25) is 0 Å². The molecule has 0 aliphatic rings. The van der Waals surface area contributed by atoms with Crippen molar-refractivity contribution < 1.29 is 14.2 Å². The maximum absolute atomic E-state index is 8.81. The van der Waals surface area contributed by atoms with Crippen molar-refractivity contribution in [2.45, 2.75) is 58.4 Å². The van der Waals surface area contributed by atoms with Crippen molar-refractivity contribution in [3.05, 3.63) is 0 Å². The van der Waals surface area contributed by atoms with Crippen molar-refractivity contribution in [3.63, 3.8) is 0 Å². The molecule has 6 heteroatoms. The van der Waals surface area contributed by atoms with Crippen LogP contribution in [0.2, 0.25) is 0 Å². The number of rotatable bonds is 16. The Bertz CT molecular complexity index is 296. The summed E-state index contributed by atoms with van der Waals surface area (Å²) in [5.74, 6) is 0.676. The quantitative estimate of drug-likeness (QED) is 0.262. The Kier molecular flexibility index (Phi) is 16.3. The Morgan fingerprint density at radius 1 is 0.957 bits per heavy atom. The normalized spacial score (nSPS) is 12.7. The van der Waals surface area contributed by atoms with Gasteiger partial charge in [0.25, 0.3) is 0 Å². The predicted molar refractivity (Wildman–Crippen MR) is 96.4 cm³/mol. The Hall–Kier alpha value is -0.320. The molecule has 0 fully saturated rings. The third-order valence-corrected chi connectivity index (χ3v) is 3.84. The molecule has 0 saturated heterocycles. The van der Waals surface area contributed by atoms with Crippen LogP contribution in [0.25, 0.3) is 0 Å². The highest BCUT2D eigenvalue weighted by molar-refractivity contribution is 8.04. The summed E-state index contributed by atoms with van der Waals surface area (Å²) in [6, 6.07) is 0.495. The summed E-state index contributed by atoms with van der Waals surface area (Å²) >= 11 is 1.19. The van der Waals surface area contributed by atoms with Crippen LogP contribution < -0.4 is 5.32 Å². The Morgan fingerprint density at radius 2 is 1.61 bits per heavy atom. The number of hydrogen-bond donors (Lipinski definition) is 1. The maximum Gasteiger partial charge on any atom is 0.136 e. The van der Waals surface area contributed by atoms with Gasteiger partial charge in [-0.2, -0.15) is 5.26 Å². The zero-order valence-electron chi connectivity index (χ0n) is 15.2. The second-order valence-electron chi connectivity index (χ2n) is 6.17. The van der Waals surface area contributed by atoms with E-state index in [1.807, 2.05) is 0 Å². The largest absolute Gasteiger partial charge is 0.379 e.